The van der Waals surface area contributed by atoms with Gasteiger partial charge in [-0.1, -0.05) is 12.1 Å². The van der Waals surface area contributed by atoms with Crippen LogP contribution in [0.2, 0.25) is 0 Å². The summed E-state index contributed by atoms with van der Waals surface area (Å²) in [6.45, 7) is 1.64. The number of ketones is 1. The van der Waals surface area contributed by atoms with Gasteiger partial charge in [-0.05, 0) is 50.4 Å². The van der Waals surface area contributed by atoms with Gasteiger partial charge in [0.25, 0.3) is 0 Å². The molecule has 0 aliphatic rings. The molecule has 1 nitrogen and oxygen atoms in total. The molecule has 0 unspecified atom stereocenters. The summed E-state index contributed by atoms with van der Waals surface area (Å²) in [5, 5.41) is 1.80. The third kappa shape index (κ3) is 2.37. The van der Waals surface area contributed by atoms with E-state index in [4.69, 9.17) is 0 Å². The van der Waals surface area contributed by atoms with Crippen LogP contribution in [0.3, 0.4) is 0 Å². The highest BCUT2D eigenvalue weighted by Gasteiger charge is 2.20. The van der Waals surface area contributed by atoms with Gasteiger partial charge in [0.05, 0.1) is 14.9 Å². The van der Waals surface area contributed by atoms with E-state index < -0.39 is 5.82 Å². The van der Waals surface area contributed by atoms with Crippen molar-refractivity contribution in [2.24, 2.45) is 0 Å². The van der Waals surface area contributed by atoms with Crippen LogP contribution in [0.5, 0.6) is 0 Å². The van der Waals surface area contributed by atoms with E-state index in [-0.39, 0.29) is 11.3 Å². The van der Waals surface area contributed by atoms with Crippen LogP contribution in [0.15, 0.2) is 32.5 Å². The topological polar surface area (TPSA) is 17.1 Å². The van der Waals surface area contributed by atoms with Gasteiger partial charge < -0.3 is 0 Å². The molecule has 0 saturated heterocycles. The van der Waals surface area contributed by atoms with Crippen LogP contribution in [0, 0.1) is 12.7 Å². The van der Waals surface area contributed by atoms with Crippen molar-refractivity contribution >= 4 is 49.0 Å². The van der Waals surface area contributed by atoms with E-state index in [1.807, 2.05) is 0 Å². The lowest BCUT2D eigenvalue weighted by molar-refractivity contribution is 0.103. The summed E-state index contributed by atoms with van der Waals surface area (Å²) in [6.07, 6.45) is 0. The second-order valence-corrected chi connectivity index (χ2v) is 6.02. The third-order valence-corrected chi connectivity index (χ3v) is 5.86. The fourth-order valence-electron chi connectivity index (χ4n) is 1.42. The molecule has 5 heteroatoms. The van der Waals surface area contributed by atoms with E-state index in [0.717, 1.165) is 4.47 Å². The first-order chi connectivity index (χ1) is 8.02. The Morgan fingerprint density at radius 3 is 2.65 bits per heavy atom. The van der Waals surface area contributed by atoms with Crippen molar-refractivity contribution in [3.05, 3.63) is 54.3 Å². The molecule has 2 aromatic rings. The molecule has 0 atom stereocenters. The maximum absolute atomic E-state index is 13.8. The summed E-state index contributed by atoms with van der Waals surface area (Å²) in [7, 11) is 0. The second-order valence-electron chi connectivity index (χ2n) is 3.49. The van der Waals surface area contributed by atoms with Crippen LogP contribution in [0.1, 0.15) is 20.8 Å². The predicted octanol–water partition coefficient (Wildman–Crippen LogP) is 4.95. The molecule has 0 spiro atoms. The maximum atomic E-state index is 13.8. The summed E-state index contributed by atoms with van der Waals surface area (Å²) in [5.41, 5.74) is 0.586. The molecule has 0 fully saturated rings. The monoisotopic (exact) mass is 376 g/mol. The van der Waals surface area contributed by atoms with E-state index in [2.05, 4.69) is 31.9 Å². The zero-order valence-corrected chi connectivity index (χ0v) is 12.7. The Morgan fingerprint density at radius 1 is 1.35 bits per heavy atom. The first kappa shape index (κ1) is 12.9. The molecule has 88 valence electrons. The highest BCUT2D eigenvalue weighted by atomic mass is 79.9. The van der Waals surface area contributed by atoms with Crippen LogP contribution in [0.25, 0.3) is 0 Å². The number of hydrogen-bond donors (Lipinski definition) is 0. The summed E-state index contributed by atoms with van der Waals surface area (Å²) >= 11 is 7.90. The Bertz CT molecular complexity index is 592. The van der Waals surface area contributed by atoms with E-state index in [1.165, 1.54) is 17.4 Å². The molecule has 17 heavy (non-hydrogen) atoms. The van der Waals surface area contributed by atoms with Crippen molar-refractivity contribution in [1.82, 2.24) is 0 Å². The molecule has 0 aliphatic carbocycles. The van der Waals surface area contributed by atoms with Gasteiger partial charge >= 0.3 is 0 Å². The molecule has 1 heterocycles. The number of thiophene rings is 1. The molecule has 0 aliphatic heterocycles. The van der Waals surface area contributed by atoms with E-state index in [0.29, 0.717) is 14.9 Å². The lowest BCUT2D eigenvalue weighted by Gasteiger charge is -2.03. The average molecular weight is 378 g/mol. The molecular weight excluding hydrogens is 371 g/mol. The predicted molar refractivity (Wildman–Crippen MR) is 74.3 cm³/mol. The van der Waals surface area contributed by atoms with Gasteiger partial charge in [-0.3, -0.25) is 4.79 Å². The van der Waals surface area contributed by atoms with Gasteiger partial charge in [0.2, 0.25) is 5.78 Å². The zero-order valence-electron chi connectivity index (χ0n) is 8.76. The summed E-state index contributed by atoms with van der Waals surface area (Å²) in [4.78, 5) is 12.7. The Balaban J connectivity index is 2.51. The smallest absolute Gasteiger partial charge is 0.207 e. The Kier molecular flexibility index (Phi) is 3.80. The lowest BCUT2D eigenvalue weighted by atomic mass is 10.1. The number of aryl methyl sites for hydroxylation is 1. The van der Waals surface area contributed by atoms with Crippen LogP contribution in [0.4, 0.5) is 4.39 Å². The number of carbonyl (C=O) groups is 1. The molecular formula is C12H7Br2FOS. The normalized spacial score (nSPS) is 10.6. The molecule has 0 N–H and O–H groups in total. The van der Waals surface area contributed by atoms with Crippen molar-refractivity contribution in [2.75, 3.05) is 0 Å². The van der Waals surface area contributed by atoms with E-state index in [9.17, 15) is 9.18 Å². The Labute approximate surface area is 119 Å². The van der Waals surface area contributed by atoms with Crippen LogP contribution in [-0.4, -0.2) is 5.78 Å². The summed E-state index contributed by atoms with van der Waals surface area (Å²) < 4.78 is 15.3. The molecule has 1 aromatic heterocycles. The van der Waals surface area contributed by atoms with Crippen molar-refractivity contribution < 1.29 is 9.18 Å². The van der Waals surface area contributed by atoms with Crippen molar-refractivity contribution in [3.63, 3.8) is 0 Å². The van der Waals surface area contributed by atoms with Crippen LogP contribution < -0.4 is 0 Å². The number of halogens is 3. The molecule has 0 saturated carbocycles. The number of rotatable bonds is 2. The minimum absolute atomic E-state index is 0.111. The van der Waals surface area contributed by atoms with Crippen LogP contribution in [-0.2, 0) is 0 Å². The minimum Gasteiger partial charge on any atom is -0.288 e. The largest absolute Gasteiger partial charge is 0.288 e. The van der Waals surface area contributed by atoms with Gasteiger partial charge in [0.1, 0.15) is 5.82 Å². The first-order valence-electron chi connectivity index (χ1n) is 4.74. The zero-order chi connectivity index (χ0) is 12.6. The van der Waals surface area contributed by atoms with Crippen molar-refractivity contribution in [2.45, 2.75) is 6.92 Å². The number of carbonyl (C=O) groups excluding carboxylic acids is 1. The van der Waals surface area contributed by atoms with E-state index >= 15 is 0 Å². The highest BCUT2D eigenvalue weighted by Crippen LogP contribution is 2.34. The second kappa shape index (κ2) is 5.00. The number of hydrogen-bond acceptors (Lipinski definition) is 2. The fraction of sp³-hybridized carbons (Fsp3) is 0.0833. The fourth-order valence-corrected chi connectivity index (χ4v) is 3.53. The summed E-state index contributed by atoms with van der Waals surface area (Å²) in [5.74, 6) is -0.748. The van der Waals surface area contributed by atoms with Gasteiger partial charge in [-0.2, -0.15) is 0 Å². The molecule has 0 amide bonds. The quantitative estimate of drug-likeness (QED) is 0.676. The van der Waals surface area contributed by atoms with Crippen LogP contribution >= 0.6 is 43.2 Å². The van der Waals surface area contributed by atoms with Gasteiger partial charge in [-0.15, -0.1) is 11.3 Å². The van der Waals surface area contributed by atoms with Crippen molar-refractivity contribution in [1.29, 1.82) is 0 Å². The Hall–Kier alpha value is -0.520. The third-order valence-electron chi connectivity index (χ3n) is 2.33. The lowest BCUT2D eigenvalue weighted by Crippen LogP contribution is -2.04. The molecule has 0 radical (unpaired) electrons. The van der Waals surface area contributed by atoms with E-state index in [1.54, 1.807) is 24.4 Å². The van der Waals surface area contributed by atoms with Crippen molar-refractivity contribution in [3.8, 4) is 0 Å². The highest BCUT2D eigenvalue weighted by molar-refractivity contribution is 9.13. The molecule has 1 aromatic carbocycles. The standard InChI is InChI=1S/C12H7Br2FOS/c1-6-3-2-4-7(10(6)15)11(16)12-9(14)8(13)5-17-12/h2-5H,1H3. The van der Waals surface area contributed by atoms with Gasteiger partial charge in [0, 0.05) is 9.85 Å². The van der Waals surface area contributed by atoms with Gasteiger partial charge in [-0.25, -0.2) is 4.39 Å². The maximum Gasteiger partial charge on any atom is 0.207 e. The summed E-state index contributed by atoms with van der Waals surface area (Å²) in [6, 6.07) is 4.83. The van der Waals surface area contributed by atoms with Gasteiger partial charge in [0.15, 0.2) is 0 Å². The Morgan fingerprint density at radius 2 is 2.06 bits per heavy atom. The SMILES string of the molecule is Cc1cccc(C(=O)c2scc(Br)c2Br)c1F. The number of benzene rings is 1. The average Bonchev–Trinajstić information content (AvgIpc) is 2.63. The molecule has 2 rings (SSSR count). The minimum atomic E-state index is -0.450. The first-order valence-corrected chi connectivity index (χ1v) is 7.21. The molecule has 0 bridgehead atoms.